The second-order valence-corrected chi connectivity index (χ2v) is 4.64. The van der Waals surface area contributed by atoms with Gasteiger partial charge in [-0.2, -0.15) is 0 Å². The molecule has 1 aromatic rings. The van der Waals surface area contributed by atoms with Gasteiger partial charge in [-0.1, -0.05) is 13.3 Å². The van der Waals surface area contributed by atoms with Crippen LogP contribution in [0.4, 0.5) is 16.2 Å². The van der Waals surface area contributed by atoms with Crippen LogP contribution in [0.5, 0.6) is 0 Å². The van der Waals surface area contributed by atoms with E-state index in [1.54, 1.807) is 0 Å². The highest BCUT2D eigenvalue weighted by molar-refractivity contribution is 5.89. The van der Waals surface area contributed by atoms with Gasteiger partial charge in [0.2, 0.25) is 0 Å². The summed E-state index contributed by atoms with van der Waals surface area (Å²) in [5.74, 6) is 0. The molecule has 0 fully saturated rings. The van der Waals surface area contributed by atoms with Crippen LogP contribution in [-0.2, 0) is 6.42 Å². The van der Waals surface area contributed by atoms with Crippen LogP contribution < -0.4 is 16.0 Å². The Morgan fingerprint density at radius 1 is 1.44 bits per heavy atom. The maximum absolute atomic E-state index is 11.6. The van der Waals surface area contributed by atoms with Gasteiger partial charge in [-0.15, -0.1) is 0 Å². The van der Waals surface area contributed by atoms with Gasteiger partial charge in [-0.3, -0.25) is 0 Å². The molecule has 1 heterocycles. The van der Waals surface area contributed by atoms with E-state index in [0.29, 0.717) is 0 Å². The van der Waals surface area contributed by atoms with Crippen molar-refractivity contribution in [1.82, 2.24) is 5.32 Å². The molecule has 0 saturated carbocycles. The fraction of sp³-hybridized carbons (Fsp3) is 0.500. The molecule has 0 atom stereocenters. The lowest BCUT2D eigenvalue weighted by atomic mass is 10.0. The van der Waals surface area contributed by atoms with Gasteiger partial charge in [0.1, 0.15) is 0 Å². The van der Waals surface area contributed by atoms with Crippen LogP contribution in [0.2, 0.25) is 0 Å². The third kappa shape index (κ3) is 3.39. The quantitative estimate of drug-likeness (QED) is 0.716. The summed E-state index contributed by atoms with van der Waals surface area (Å²) in [6.45, 7) is 3.88. The lowest BCUT2D eigenvalue weighted by molar-refractivity contribution is 0.252. The second-order valence-electron chi connectivity index (χ2n) is 4.64. The molecule has 3 N–H and O–H groups in total. The van der Waals surface area contributed by atoms with Crippen molar-refractivity contribution in [3.8, 4) is 0 Å². The average Bonchev–Trinajstić information content (AvgIpc) is 2.39. The number of anilines is 2. The van der Waals surface area contributed by atoms with E-state index in [1.165, 1.54) is 11.3 Å². The maximum Gasteiger partial charge on any atom is 0.319 e. The SMILES string of the molecule is CCCCNC(=O)Nc1ccc2c(c1)CCCN2. The van der Waals surface area contributed by atoms with Crippen molar-refractivity contribution in [2.75, 3.05) is 23.7 Å². The van der Waals surface area contributed by atoms with E-state index in [4.69, 9.17) is 0 Å². The summed E-state index contributed by atoms with van der Waals surface area (Å²) in [5.41, 5.74) is 3.34. The van der Waals surface area contributed by atoms with E-state index in [-0.39, 0.29) is 6.03 Å². The topological polar surface area (TPSA) is 53.2 Å². The number of amides is 2. The van der Waals surface area contributed by atoms with Crippen molar-refractivity contribution in [2.45, 2.75) is 32.6 Å². The molecule has 4 nitrogen and oxygen atoms in total. The summed E-state index contributed by atoms with van der Waals surface area (Å²) in [6.07, 6.45) is 4.33. The van der Waals surface area contributed by atoms with Crippen LogP contribution in [0.3, 0.4) is 0 Å². The monoisotopic (exact) mass is 247 g/mol. The first-order chi connectivity index (χ1) is 8.79. The molecule has 1 aromatic carbocycles. The number of unbranched alkanes of at least 4 members (excludes halogenated alkanes) is 1. The largest absolute Gasteiger partial charge is 0.385 e. The zero-order valence-corrected chi connectivity index (χ0v) is 10.9. The fourth-order valence-corrected chi connectivity index (χ4v) is 2.11. The van der Waals surface area contributed by atoms with Gasteiger partial charge in [0.15, 0.2) is 0 Å². The van der Waals surface area contributed by atoms with E-state index >= 15 is 0 Å². The van der Waals surface area contributed by atoms with E-state index in [2.05, 4.69) is 28.9 Å². The summed E-state index contributed by atoms with van der Waals surface area (Å²) >= 11 is 0. The molecule has 0 bridgehead atoms. The second kappa shape index (κ2) is 6.28. The van der Waals surface area contributed by atoms with Crippen molar-refractivity contribution in [3.05, 3.63) is 23.8 Å². The molecule has 0 radical (unpaired) electrons. The molecule has 2 amide bonds. The van der Waals surface area contributed by atoms with Gasteiger partial charge >= 0.3 is 6.03 Å². The van der Waals surface area contributed by atoms with Crippen LogP contribution in [0.1, 0.15) is 31.7 Å². The van der Waals surface area contributed by atoms with E-state index in [0.717, 1.165) is 44.5 Å². The highest BCUT2D eigenvalue weighted by atomic mass is 16.2. The molecule has 1 aliphatic heterocycles. The number of nitrogens with one attached hydrogen (secondary N) is 3. The molecule has 0 unspecified atom stereocenters. The first kappa shape index (κ1) is 12.7. The van der Waals surface area contributed by atoms with Crippen molar-refractivity contribution in [1.29, 1.82) is 0 Å². The average molecular weight is 247 g/mol. The zero-order valence-electron chi connectivity index (χ0n) is 10.9. The Kier molecular flexibility index (Phi) is 4.45. The summed E-state index contributed by atoms with van der Waals surface area (Å²) < 4.78 is 0. The molecule has 0 saturated heterocycles. The fourth-order valence-electron chi connectivity index (χ4n) is 2.11. The lowest BCUT2D eigenvalue weighted by Crippen LogP contribution is -2.29. The number of fused-ring (bicyclic) bond motifs is 1. The van der Waals surface area contributed by atoms with Crippen LogP contribution in [0, 0.1) is 0 Å². The first-order valence-corrected chi connectivity index (χ1v) is 6.71. The third-order valence-corrected chi connectivity index (χ3v) is 3.12. The highest BCUT2D eigenvalue weighted by Gasteiger charge is 2.09. The van der Waals surface area contributed by atoms with Gasteiger partial charge in [0.25, 0.3) is 0 Å². The highest BCUT2D eigenvalue weighted by Crippen LogP contribution is 2.24. The van der Waals surface area contributed by atoms with Gasteiger partial charge < -0.3 is 16.0 Å². The normalized spacial score (nSPS) is 13.4. The summed E-state index contributed by atoms with van der Waals surface area (Å²) in [5, 5.41) is 9.08. The summed E-state index contributed by atoms with van der Waals surface area (Å²) in [7, 11) is 0. The maximum atomic E-state index is 11.6. The Morgan fingerprint density at radius 2 is 2.33 bits per heavy atom. The Morgan fingerprint density at radius 3 is 3.17 bits per heavy atom. The Labute approximate surface area is 108 Å². The van der Waals surface area contributed by atoms with Crippen molar-refractivity contribution < 1.29 is 4.79 Å². The zero-order chi connectivity index (χ0) is 12.8. The number of benzene rings is 1. The molecule has 0 aromatic heterocycles. The Balaban J connectivity index is 1.91. The van der Waals surface area contributed by atoms with Gasteiger partial charge in [-0.25, -0.2) is 4.79 Å². The lowest BCUT2D eigenvalue weighted by Gasteiger charge is -2.18. The summed E-state index contributed by atoms with van der Waals surface area (Å²) in [4.78, 5) is 11.6. The molecule has 1 aliphatic rings. The minimum atomic E-state index is -0.118. The molecule has 0 spiro atoms. The molecule has 4 heteroatoms. The molecular formula is C14H21N3O. The van der Waals surface area contributed by atoms with Crippen molar-refractivity contribution in [2.24, 2.45) is 0 Å². The minimum Gasteiger partial charge on any atom is -0.385 e. The Hall–Kier alpha value is -1.71. The number of hydrogen-bond donors (Lipinski definition) is 3. The number of aryl methyl sites for hydroxylation is 1. The van der Waals surface area contributed by atoms with Crippen molar-refractivity contribution in [3.63, 3.8) is 0 Å². The number of carbonyl (C=O) groups excluding carboxylic acids is 1. The number of hydrogen-bond acceptors (Lipinski definition) is 2. The van der Waals surface area contributed by atoms with E-state index < -0.39 is 0 Å². The van der Waals surface area contributed by atoms with Gasteiger partial charge in [-0.05, 0) is 43.0 Å². The molecule has 0 aliphatic carbocycles. The number of carbonyl (C=O) groups is 1. The first-order valence-electron chi connectivity index (χ1n) is 6.71. The van der Waals surface area contributed by atoms with Gasteiger partial charge in [0.05, 0.1) is 0 Å². The molecule has 18 heavy (non-hydrogen) atoms. The van der Waals surface area contributed by atoms with Gasteiger partial charge in [0, 0.05) is 24.5 Å². The number of urea groups is 1. The predicted molar refractivity (Wildman–Crippen MR) is 75.2 cm³/mol. The minimum absolute atomic E-state index is 0.118. The third-order valence-electron chi connectivity index (χ3n) is 3.12. The molecule has 98 valence electrons. The molecular weight excluding hydrogens is 226 g/mol. The van der Waals surface area contributed by atoms with Crippen LogP contribution >= 0.6 is 0 Å². The van der Waals surface area contributed by atoms with Crippen LogP contribution in [-0.4, -0.2) is 19.1 Å². The number of rotatable bonds is 4. The van der Waals surface area contributed by atoms with E-state index in [1.807, 2.05) is 12.1 Å². The predicted octanol–water partition coefficient (Wildman–Crippen LogP) is 2.97. The van der Waals surface area contributed by atoms with Crippen LogP contribution in [0.15, 0.2) is 18.2 Å². The standard InChI is InChI=1S/C14H21N3O/c1-2-3-8-16-14(18)17-12-6-7-13-11(10-12)5-4-9-15-13/h6-7,10,15H,2-5,8-9H2,1H3,(H2,16,17,18). The van der Waals surface area contributed by atoms with E-state index in [9.17, 15) is 4.79 Å². The molecule has 2 rings (SSSR count). The Bertz CT molecular complexity index is 418. The summed E-state index contributed by atoms with van der Waals surface area (Å²) in [6, 6.07) is 5.92. The van der Waals surface area contributed by atoms with Crippen molar-refractivity contribution >= 4 is 17.4 Å². The smallest absolute Gasteiger partial charge is 0.319 e. The van der Waals surface area contributed by atoms with Crippen LogP contribution in [0.25, 0.3) is 0 Å².